The van der Waals surface area contributed by atoms with Crippen LogP contribution in [0, 0.1) is 13.8 Å². The van der Waals surface area contributed by atoms with Crippen molar-refractivity contribution in [3.05, 3.63) is 23.0 Å². The fourth-order valence-corrected chi connectivity index (χ4v) is 0.764. The summed E-state index contributed by atoms with van der Waals surface area (Å²) in [5, 5.41) is 16.4. The van der Waals surface area contributed by atoms with E-state index in [0.717, 1.165) is 17.0 Å². The van der Waals surface area contributed by atoms with Gasteiger partial charge in [-0.05, 0) is 19.9 Å². The Balaban J connectivity index is 3.09. The predicted octanol–water partition coefficient (Wildman–Crippen LogP) is 0.586. The van der Waals surface area contributed by atoms with Gasteiger partial charge in [0.2, 0.25) is 0 Å². The van der Waals surface area contributed by atoms with Crippen molar-refractivity contribution in [1.29, 1.82) is 0 Å². The molecule has 1 rings (SSSR count). The van der Waals surface area contributed by atoms with Gasteiger partial charge in [-0.25, -0.2) is 0 Å². The van der Waals surface area contributed by atoms with Gasteiger partial charge in [-0.2, -0.15) is 10.2 Å². The summed E-state index contributed by atoms with van der Waals surface area (Å²) in [5.41, 5.74) is 2.50. The van der Waals surface area contributed by atoms with Crippen LogP contribution in [-0.2, 0) is 6.61 Å². The highest BCUT2D eigenvalue weighted by Crippen LogP contribution is 2.03. The molecule has 1 heterocycles. The molecule has 1 N–H and O–H groups in total. The number of aliphatic hydroxyl groups excluding tert-OH is 1. The minimum atomic E-state index is 0.0438. The Labute approximate surface area is 59.7 Å². The van der Waals surface area contributed by atoms with Gasteiger partial charge in [0.15, 0.2) is 0 Å². The lowest BCUT2D eigenvalue weighted by Gasteiger charge is -1.99. The summed E-state index contributed by atoms with van der Waals surface area (Å²) in [5.74, 6) is 0. The lowest BCUT2D eigenvalue weighted by molar-refractivity contribution is 0.280. The van der Waals surface area contributed by atoms with Crippen LogP contribution in [0.1, 0.15) is 17.0 Å². The second-order valence-corrected chi connectivity index (χ2v) is 2.25. The quantitative estimate of drug-likeness (QED) is 0.617. The maximum atomic E-state index is 8.78. The molecule has 0 saturated carbocycles. The Kier molecular flexibility index (Phi) is 1.97. The molecule has 1 aromatic heterocycles. The summed E-state index contributed by atoms with van der Waals surface area (Å²) >= 11 is 0. The molecule has 0 unspecified atom stereocenters. The first kappa shape index (κ1) is 7.15. The van der Waals surface area contributed by atoms with Gasteiger partial charge in [0.1, 0.15) is 0 Å². The third-order valence-corrected chi connectivity index (χ3v) is 1.38. The Morgan fingerprint density at radius 3 is 2.60 bits per heavy atom. The number of aromatic nitrogens is 2. The van der Waals surface area contributed by atoms with Crippen LogP contribution in [0.4, 0.5) is 0 Å². The molecule has 0 aromatic carbocycles. The second-order valence-electron chi connectivity index (χ2n) is 2.25. The highest BCUT2D eigenvalue weighted by molar-refractivity contribution is 5.18. The van der Waals surface area contributed by atoms with Gasteiger partial charge in [-0.3, -0.25) is 0 Å². The van der Waals surface area contributed by atoms with Gasteiger partial charge in [-0.15, -0.1) is 0 Å². The number of rotatable bonds is 1. The SMILES string of the molecule is Cc1cc(CO)c(C)nn1. The fraction of sp³-hybridized carbons (Fsp3) is 0.429. The summed E-state index contributed by atoms with van der Waals surface area (Å²) in [6, 6.07) is 1.84. The van der Waals surface area contributed by atoms with E-state index in [-0.39, 0.29) is 6.61 Å². The average molecular weight is 138 g/mol. The lowest BCUT2D eigenvalue weighted by Crippen LogP contribution is -1.96. The Morgan fingerprint density at radius 1 is 1.40 bits per heavy atom. The first-order valence-electron chi connectivity index (χ1n) is 3.14. The minimum absolute atomic E-state index is 0.0438. The van der Waals surface area contributed by atoms with E-state index in [1.165, 1.54) is 0 Å². The van der Waals surface area contributed by atoms with Gasteiger partial charge >= 0.3 is 0 Å². The zero-order valence-electron chi connectivity index (χ0n) is 6.13. The van der Waals surface area contributed by atoms with Crippen LogP contribution in [0.3, 0.4) is 0 Å². The number of hydrogen-bond donors (Lipinski definition) is 1. The van der Waals surface area contributed by atoms with Crippen LogP contribution in [0.25, 0.3) is 0 Å². The van der Waals surface area contributed by atoms with Crippen molar-refractivity contribution in [2.24, 2.45) is 0 Å². The third-order valence-electron chi connectivity index (χ3n) is 1.38. The summed E-state index contributed by atoms with van der Waals surface area (Å²) in [7, 11) is 0. The molecule has 0 bridgehead atoms. The molecular formula is C7H10N2O. The zero-order chi connectivity index (χ0) is 7.56. The molecule has 0 atom stereocenters. The van der Waals surface area contributed by atoms with Gasteiger partial charge in [0.25, 0.3) is 0 Å². The molecule has 0 amide bonds. The first-order valence-corrected chi connectivity index (χ1v) is 3.14. The summed E-state index contributed by atoms with van der Waals surface area (Å²) in [6.07, 6.45) is 0. The topological polar surface area (TPSA) is 46.0 Å². The van der Waals surface area contributed by atoms with Crippen molar-refractivity contribution in [2.75, 3.05) is 0 Å². The predicted molar refractivity (Wildman–Crippen MR) is 37.4 cm³/mol. The van der Waals surface area contributed by atoms with Crippen molar-refractivity contribution >= 4 is 0 Å². The van der Waals surface area contributed by atoms with Gasteiger partial charge in [0.05, 0.1) is 18.0 Å². The van der Waals surface area contributed by atoms with Gasteiger partial charge < -0.3 is 5.11 Å². The molecule has 0 saturated heterocycles. The number of aliphatic hydroxyl groups is 1. The van der Waals surface area contributed by atoms with Crippen LogP contribution < -0.4 is 0 Å². The highest BCUT2D eigenvalue weighted by atomic mass is 16.3. The first-order chi connectivity index (χ1) is 4.74. The van der Waals surface area contributed by atoms with Crippen LogP contribution in [0.5, 0.6) is 0 Å². The Bertz CT molecular complexity index is 235. The molecule has 1 aromatic rings. The van der Waals surface area contributed by atoms with Crippen LogP contribution in [0.2, 0.25) is 0 Å². The maximum Gasteiger partial charge on any atom is 0.0700 e. The average Bonchev–Trinajstić information content (AvgIpc) is 1.94. The smallest absolute Gasteiger partial charge is 0.0700 e. The molecule has 0 fully saturated rings. The fourth-order valence-electron chi connectivity index (χ4n) is 0.764. The van der Waals surface area contributed by atoms with E-state index in [1.807, 2.05) is 19.9 Å². The molecule has 0 spiro atoms. The number of hydrogen-bond acceptors (Lipinski definition) is 3. The summed E-state index contributed by atoms with van der Waals surface area (Å²) in [6.45, 7) is 3.73. The van der Waals surface area contributed by atoms with E-state index < -0.39 is 0 Å². The molecule has 0 aliphatic heterocycles. The third kappa shape index (κ3) is 1.30. The van der Waals surface area contributed by atoms with Crippen molar-refractivity contribution in [1.82, 2.24) is 10.2 Å². The highest BCUT2D eigenvalue weighted by Gasteiger charge is 1.97. The molecule has 0 aliphatic rings. The van der Waals surface area contributed by atoms with E-state index in [9.17, 15) is 0 Å². The normalized spacial score (nSPS) is 9.90. The van der Waals surface area contributed by atoms with E-state index in [0.29, 0.717) is 0 Å². The van der Waals surface area contributed by atoms with Crippen molar-refractivity contribution < 1.29 is 5.11 Å². The van der Waals surface area contributed by atoms with E-state index >= 15 is 0 Å². The van der Waals surface area contributed by atoms with Crippen molar-refractivity contribution in [3.63, 3.8) is 0 Å². The van der Waals surface area contributed by atoms with E-state index in [2.05, 4.69) is 10.2 Å². The summed E-state index contributed by atoms with van der Waals surface area (Å²) in [4.78, 5) is 0. The number of aryl methyl sites for hydroxylation is 2. The maximum absolute atomic E-state index is 8.78. The summed E-state index contributed by atoms with van der Waals surface area (Å²) < 4.78 is 0. The molecule has 3 heteroatoms. The second kappa shape index (κ2) is 2.75. The van der Waals surface area contributed by atoms with Gasteiger partial charge in [0, 0.05) is 5.56 Å². The van der Waals surface area contributed by atoms with E-state index in [1.54, 1.807) is 0 Å². The van der Waals surface area contributed by atoms with Crippen molar-refractivity contribution in [2.45, 2.75) is 20.5 Å². The Hall–Kier alpha value is -0.960. The minimum Gasteiger partial charge on any atom is -0.392 e. The standard InChI is InChI=1S/C7H10N2O/c1-5-3-7(4-10)6(2)9-8-5/h3,10H,4H2,1-2H3. The molecule has 10 heavy (non-hydrogen) atoms. The molecule has 54 valence electrons. The lowest BCUT2D eigenvalue weighted by atomic mass is 10.2. The zero-order valence-corrected chi connectivity index (χ0v) is 6.13. The van der Waals surface area contributed by atoms with E-state index in [4.69, 9.17) is 5.11 Å². The van der Waals surface area contributed by atoms with Crippen LogP contribution in [0.15, 0.2) is 6.07 Å². The molecular weight excluding hydrogens is 128 g/mol. The van der Waals surface area contributed by atoms with Crippen LogP contribution in [-0.4, -0.2) is 15.3 Å². The van der Waals surface area contributed by atoms with Crippen molar-refractivity contribution in [3.8, 4) is 0 Å². The number of nitrogens with zero attached hydrogens (tertiary/aromatic N) is 2. The van der Waals surface area contributed by atoms with Crippen LogP contribution >= 0.6 is 0 Å². The molecule has 3 nitrogen and oxygen atoms in total. The Morgan fingerprint density at radius 2 is 2.10 bits per heavy atom. The molecule has 0 aliphatic carbocycles. The monoisotopic (exact) mass is 138 g/mol. The largest absolute Gasteiger partial charge is 0.392 e. The van der Waals surface area contributed by atoms with Gasteiger partial charge in [-0.1, -0.05) is 0 Å². The molecule has 0 radical (unpaired) electrons.